The molecule has 0 saturated carbocycles. The van der Waals surface area contributed by atoms with Gasteiger partial charge in [-0.2, -0.15) is 13.2 Å². The van der Waals surface area contributed by atoms with Gasteiger partial charge < -0.3 is 14.2 Å². The zero-order valence-corrected chi connectivity index (χ0v) is 16.7. The first-order valence-electron chi connectivity index (χ1n) is 9.27. The molecule has 162 valence electrons. The van der Waals surface area contributed by atoms with Crippen LogP contribution in [0.15, 0.2) is 53.7 Å². The molecule has 1 aliphatic heterocycles. The van der Waals surface area contributed by atoms with E-state index < -0.39 is 17.6 Å². The number of alkyl halides is 3. The lowest BCUT2D eigenvalue weighted by Crippen LogP contribution is -2.46. The molecule has 0 fully saturated rings. The normalized spacial score (nSPS) is 13.9. The smallest absolute Gasteiger partial charge is 0.419 e. The number of fused-ring (bicyclic) bond motifs is 1. The van der Waals surface area contributed by atoms with Crippen LogP contribution in [-0.4, -0.2) is 44.6 Å². The van der Waals surface area contributed by atoms with Crippen LogP contribution >= 0.6 is 11.6 Å². The molecule has 1 aliphatic rings. The predicted molar refractivity (Wildman–Crippen MR) is 106 cm³/mol. The monoisotopic (exact) mass is 452 g/mol. The molecular formula is C20H16ClF3N4O3. The average molecular weight is 453 g/mol. The van der Waals surface area contributed by atoms with Crippen molar-refractivity contribution in [3.63, 3.8) is 0 Å². The van der Waals surface area contributed by atoms with Gasteiger partial charge in [-0.05, 0) is 24.3 Å². The molecule has 0 saturated heterocycles. The quantitative estimate of drug-likeness (QED) is 0.596. The lowest BCUT2D eigenvalue weighted by atomic mass is 10.2. The van der Waals surface area contributed by atoms with E-state index in [1.54, 1.807) is 0 Å². The standard InChI is InChI=1S/C20H16ClF3N4O3/c21-17-11-27(12-25-17)14-5-6-15-18(29)26(7-8-28(15)19(14)30)9-10-31-16-4-2-1-3-13(16)20(22,23)24/h1-6,11-12H,7-10H2. The van der Waals surface area contributed by atoms with Crippen molar-refractivity contribution in [1.29, 1.82) is 0 Å². The van der Waals surface area contributed by atoms with E-state index in [1.165, 1.54) is 56.9 Å². The Balaban J connectivity index is 1.47. The summed E-state index contributed by atoms with van der Waals surface area (Å²) in [5.41, 5.74) is -0.739. The minimum absolute atomic E-state index is 0.0814. The van der Waals surface area contributed by atoms with Crippen molar-refractivity contribution in [3.8, 4) is 11.4 Å². The van der Waals surface area contributed by atoms with Gasteiger partial charge in [0.25, 0.3) is 11.5 Å². The van der Waals surface area contributed by atoms with Gasteiger partial charge in [0.2, 0.25) is 0 Å². The maximum Gasteiger partial charge on any atom is 0.419 e. The molecule has 2 aromatic heterocycles. The molecule has 0 aliphatic carbocycles. The zero-order chi connectivity index (χ0) is 22.2. The number of ether oxygens (including phenoxy) is 1. The Bertz CT molecular complexity index is 1190. The number of hydrogen-bond donors (Lipinski definition) is 0. The maximum absolute atomic E-state index is 13.1. The number of benzene rings is 1. The van der Waals surface area contributed by atoms with Crippen molar-refractivity contribution in [2.24, 2.45) is 0 Å². The first kappa shape index (κ1) is 21.0. The van der Waals surface area contributed by atoms with Crippen LogP contribution in [0.25, 0.3) is 5.69 Å². The van der Waals surface area contributed by atoms with E-state index in [1.807, 2.05) is 0 Å². The number of halogens is 4. The summed E-state index contributed by atoms with van der Waals surface area (Å²) in [4.78, 5) is 30.9. The molecule has 1 amide bonds. The van der Waals surface area contributed by atoms with Crippen molar-refractivity contribution in [2.75, 3.05) is 19.7 Å². The fourth-order valence-corrected chi connectivity index (χ4v) is 3.54. The molecular weight excluding hydrogens is 437 g/mol. The number of carbonyl (C=O) groups is 1. The van der Waals surface area contributed by atoms with Gasteiger partial charge in [-0.15, -0.1) is 0 Å². The number of para-hydroxylation sites is 1. The molecule has 1 aromatic carbocycles. The summed E-state index contributed by atoms with van der Waals surface area (Å²) in [7, 11) is 0. The van der Waals surface area contributed by atoms with E-state index in [0.29, 0.717) is 5.69 Å². The number of carbonyl (C=O) groups excluding carboxylic acids is 1. The molecule has 4 rings (SSSR count). The van der Waals surface area contributed by atoms with Crippen LogP contribution in [0.2, 0.25) is 5.15 Å². The Morgan fingerprint density at radius 2 is 1.87 bits per heavy atom. The summed E-state index contributed by atoms with van der Waals surface area (Å²) in [5, 5.41) is 0.233. The largest absolute Gasteiger partial charge is 0.491 e. The Morgan fingerprint density at radius 1 is 1.10 bits per heavy atom. The number of aromatic nitrogens is 3. The molecule has 7 nitrogen and oxygen atoms in total. The van der Waals surface area contributed by atoms with E-state index in [2.05, 4.69) is 4.98 Å². The Labute approximate surface area is 179 Å². The van der Waals surface area contributed by atoms with Gasteiger partial charge in [0, 0.05) is 19.3 Å². The zero-order valence-electron chi connectivity index (χ0n) is 16.0. The summed E-state index contributed by atoms with van der Waals surface area (Å²) in [5.74, 6) is -0.689. The summed E-state index contributed by atoms with van der Waals surface area (Å²) in [6.45, 7) is 0.437. The second-order valence-corrected chi connectivity index (χ2v) is 7.19. The van der Waals surface area contributed by atoms with Crippen molar-refractivity contribution in [1.82, 2.24) is 19.0 Å². The number of amides is 1. The molecule has 0 unspecified atom stereocenters. The van der Waals surface area contributed by atoms with Gasteiger partial charge in [0.1, 0.15) is 35.2 Å². The van der Waals surface area contributed by atoms with Crippen LogP contribution < -0.4 is 10.3 Å². The highest BCUT2D eigenvalue weighted by atomic mass is 35.5. The minimum atomic E-state index is -4.53. The molecule has 0 bridgehead atoms. The highest BCUT2D eigenvalue weighted by Crippen LogP contribution is 2.35. The molecule has 0 N–H and O–H groups in total. The molecule has 11 heteroatoms. The predicted octanol–water partition coefficient (Wildman–Crippen LogP) is 3.24. The number of rotatable bonds is 5. The van der Waals surface area contributed by atoms with Crippen LogP contribution in [-0.2, 0) is 12.7 Å². The molecule has 31 heavy (non-hydrogen) atoms. The molecule has 0 atom stereocenters. The van der Waals surface area contributed by atoms with E-state index >= 15 is 0 Å². The Kier molecular flexibility index (Phi) is 5.48. The first-order valence-corrected chi connectivity index (χ1v) is 9.65. The second-order valence-electron chi connectivity index (χ2n) is 6.80. The van der Waals surface area contributed by atoms with E-state index in [9.17, 15) is 22.8 Å². The Hall–Kier alpha value is -3.27. The van der Waals surface area contributed by atoms with Gasteiger partial charge in [-0.1, -0.05) is 23.7 Å². The highest BCUT2D eigenvalue weighted by Gasteiger charge is 2.34. The van der Waals surface area contributed by atoms with Crippen molar-refractivity contribution in [3.05, 3.63) is 75.7 Å². The van der Waals surface area contributed by atoms with E-state index in [-0.39, 0.29) is 48.4 Å². The van der Waals surface area contributed by atoms with Gasteiger partial charge in [0.15, 0.2) is 0 Å². The first-order chi connectivity index (χ1) is 14.8. The summed E-state index contributed by atoms with van der Waals surface area (Å²) < 4.78 is 47.3. The average Bonchev–Trinajstić information content (AvgIpc) is 3.16. The number of nitrogens with zero attached hydrogens (tertiary/aromatic N) is 4. The second kappa shape index (κ2) is 8.10. The lowest BCUT2D eigenvalue weighted by molar-refractivity contribution is -0.139. The molecule has 3 heterocycles. The SMILES string of the molecule is O=C1c2ccc(-n3cnc(Cl)c3)c(=O)n2CCN1CCOc1ccccc1C(F)(F)F. The third kappa shape index (κ3) is 4.15. The minimum Gasteiger partial charge on any atom is -0.491 e. The summed E-state index contributed by atoms with van der Waals surface area (Å²) in [6.07, 6.45) is -1.65. The molecule has 3 aromatic rings. The van der Waals surface area contributed by atoms with Crippen molar-refractivity contribution >= 4 is 17.5 Å². The van der Waals surface area contributed by atoms with Crippen LogP contribution in [0.1, 0.15) is 16.1 Å². The van der Waals surface area contributed by atoms with E-state index in [0.717, 1.165) is 6.07 Å². The van der Waals surface area contributed by atoms with Crippen LogP contribution in [0.5, 0.6) is 5.75 Å². The summed E-state index contributed by atoms with van der Waals surface area (Å²) >= 11 is 5.80. The van der Waals surface area contributed by atoms with Crippen LogP contribution in [0.3, 0.4) is 0 Å². The topological polar surface area (TPSA) is 69.4 Å². The third-order valence-electron chi connectivity index (χ3n) is 4.89. The highest BCUT2D eigenvalue weighted by molar-refractivity contribution is 6.29. The van der Waals surface area contributed by atoms with Crippen LogP contribution in [0, 0.1) is 0 Å². The number of pyridine rings is 1. The lowest BCUT2D eigenvalue weighted by Gasteiger charge is -2.29. The number of imidazole rings is 1. The maximum atomic E-state index is 13.1. The van der Waals surface area contributed by atoms with Gasteiger partial charge in [0.05, 0.1) is 12.1 Å². The van der Waals surface area contributed by atoms with Gasteiger partial charge >= 0.3 is 6.18 Å². The van der Waals surface area contributed by atoms with E-state index in [4.69, 9.17) is 16.3 Å². The van der Waals surface area contributed by atoms with Crippen molar-refractivity contribution < 1.29 is 22.7 Å². The fourth-order valence-electron chi connectivity index (χ4n) is 3.39. The van der Waals surface area contributed by atoms with Crippen molar-refractivity contribution in [2.45, 2.75) is 12.7 Å². The summed E-state index contributed by atoms with van der Waals surface area (Å²) in [6, 6.07) is 7.94. The Morgan fingerprint density at radius 3 is 2.58 bits per heavy atom. The molecule has 0 spiro atoms. The molecule has 0 radical (unpaired) electrons. The van der Waals surface area contributed by atoms with Gasteiger partial charge in [-0.3, -0.25) is 14.2 Å². The third-order valence-corrected chi connectivity index (χ3v) is 5.09. The number of hydrogen-bond acceptors (Lipinski definition) is 4. The van der Waals surface area contributed by atoms with Gasteiger partial charge in [-0.25, -0.2) is 4.98 Å². The van der Waals surface area contributed by atoms with Crippen LogP contribution in [0.4, 0.5) is 13.2 Å². The fraction of sp³-hybridized carbons (Fsp3) is 0.250.